The number of aromatic nitrogens is 2. The lowest BCUT2D eigenvalue weighted by Gasteiger charge is -2.33. The number of aliphatic hydroxyl groups excluding tert-OH is 3. The molecule has 0 spiro atoms. The Morgan fingerprint density at radius 2 is 1.70 bits per heavy atom. The number of benzene rings is 1. The molecule has 0 saturated carbocycles. The van der Waals surface area contributed by atoms with Gasteiger partial charge in [0.05, 0.1) is 11.3 Å². The van der Waals surface area contributed by atoms with Crippen LogP contribution in [0.25, 0.3) is 0 Å². The van der Waals surface area contributed by atoms with E-state index < -0.39 is 42.1 Å². The number of carbonyl (C=O) groups is 1. The van der Waals surface area contributed by atoms with Crippen molar-refractivity contribution in [1.82, 2.24) is 9.55 Å². The zero-order valence-corrected chi connectivity index (χ0v) is 13.8. The second kappa shape index (κ2) is 6.95. The third-order valence-electron chi connectivity index (χ3n) is 4.58. The first-order chi connectivity index (χ1) is 12.6. The normalized spacial score (nSPS) is 25.3. The summed E-state index contributed by atoms with van der Waals surface area (Å²) in [6.07, 6.45) is -7.38. The van der Waals surface area contributed by atoms with Crippen molar-refractivity contribution in [2.24, 2.45) is 0 Å². The van der Waals surface area contributed by atoms with Gasteiger partial charge in [0.15, 0.2) is 6.04 Å². The minimum Gasteiger partial charge on any atom is -0.480 e. The molecule has 10 heteroatoms. The van der Waals surface area contributed by atoms with E-state index in [0.29, 0.717) is 17.7 Å². The fraction of sp³-hybridized carbons (Fsp3) is 0.412. The molecule has 4 N–H and O–H groups in total. The number of carboxylic acids is 1. The molecule has 0 fully saturated rings. The van der Waals surface area contributed by atoms with Gasteiger partial charge in [-0.1, -0.05) is 12.1 Å². The van der Waals surface area contributed by atoms with Crippen LogP contribution >= 0.6 is 0 Å². The van der Waals surface area contributed by atoms with Crippen LogP contribution in [0.2, 0.25) is 0 Å². The standard InChI is InChI=1S/C17H17F3N2O5/c18-17(19,20)9-4-1-8(2-5-9)3-6-10-7-22-11(16(26)27)12(23)13(24)14(25)15(22)21-10/h1-2,4-5,7,11-14,23-25H,3,6H2,(H,26,27)/t11-,12+,13-,14+/m0/s1. The predicted octanol–water partition coefficient (Wildman–Crippen LogP) is 1.08. The molecule has 1 aromatic heterocycles. The lowest BCUT2D eigenvalue weighted by molar-refractivity contribution is -0.156. The number of nitrogens with zero attached hydrogens (tertiary/aromatic N) is 2. The van der Waals surface area contributed by atoms with Crippen LogP contribution in [0, 0.1) is 0 Å². The Kier molecular flexibility index (Phi) is 4.98. The van der Waals surface area contributed by atoms with E-state index in [0.717, 1.165) is 16.7 Å². The van der Waals surface area contributed by atoms with Crippen LogP contribution in [-0.4, -0.2) is 48.2 Å². The summed E-state index contributed by atoms with van der Waals surface area (Å²) in [5.41, 5.74) is 0.264. The van der Waals surface area contributed by atoms with Gasteiger partial charge >= 0.3 is 12.1 Å². The van der Waals surface area contributed by atoms with Gasteiger partial charge in [-0.25, -0.2) is 9.78 Å². The van der Waals surface area contributed by atoms with Crippen molar-refractivity contribution in [3.05, 3.63) is 53.1 Å². The molecule has 0 aliphatic carbocycles. The van der Waals surface area contributed by atoms with Gasteiger partial charge in [0.2, 0.25) is 0 Å². The van der Waals surface area contributed by atoms with Gasteiger partial charge in [0.25, 0.3) is 0 Å². The van der Waals surface area contributed by atoms with Crippen LogP contribution in [0.4, 0.5) is 13.2 Å². The topological polar surface area (TPSA) is 116 Å². The van der Waals surface area contributed by atoms with Crippen LogP contribution in [0.15, 0.2) is 30.5 Å². The Bertz CT molecular complexity index is 834. The lowest BCUT2D eigenvalue weighted by atomic mass is 9.96. The smallest absolute Gasteiger partial charge is 0.416 e. The number of hydrogen-bond acceptors (Lipinski definition) is 5. The van der Waals surface area contributed by atoms with E-state index >= 15 is 0 Å². The van der Waals surface area contributed by atoms with E-state index in [-0.39, 0.29) is 12.2 Å². The molecule has 1 aromatic carbocycles. The molecule has 0 unspecified atom stereocenters. The Morgan fingerprint density at radius 3 is 2.26 bits per heavy atom. The molecule has 27 heavy (non-hydrogen) atoms. The zero-order chi connectivity index (χ0) is 19.9. The van der Waals surface area contributed by atoms with Gasteiger partial charge in [-0.2, -0.15) is 13.2 Å². The molecule has 3 rings (SSSR count). The first-order valence-electron chi connectivity index (χ1n) is 8.10. The summed E-state index contributed by atoms with van der Waals surface area (Å²) in [5, 5.41) is 39.0. The van der Waals surface area contributed by atoms with Crippen molar-refractivity contribution >= 4 is 5.97 Å². The highest BCUT2D eigenvalue weighted by Crippen LogP contribution is 2.33. The molecular formula is C17H17F3N2O5. The maximum atomic E-state index is 12.6. The minimum absolute atomic E-state index is 0.0809. The quantitative estimate of drug-likeness (QED) is 0.625. The van der Waals surface area contributed by atoms with Crippen LogP contribution in [-0.2, 0) is 23.8 Å². The van der Waals surface area contributed by atoms with Gasteiger partial charge in [0.1, 0.15) is 24.1 Å². The molecule has 0 bridgehead atoms. The monoisotopic (exact) mass is 386 g/mol. The number of rotatable bonds is 4. The van der Waals surface area contributed by atoms with E-state index in [1.807, 2.05) is 0 Å². The molecule has 0 radical (unpaired) electrons. The summed E-state index contributed by atoms with van der Waals surface area (Å²) in [4.78, 5) is 15.5. The van der Waals surface area contributed by atoms with Crippen LogP contribution in [0.3, 0.4) is 0 Å². The van der Waals surface area contributed by atoms with Crippen molar-refractivity contribution in [1.29, 1.82) is 0 Å². The Morgan fingerprint density at radius 1 is 1.07 bits per heavy atom. The molecule has 146 valence electrons. The zero-order valence-electron chi connectivity index (χ0n) is 13.8. The second-order valence-electron chi connectivity index (χ2n) is 6.40. The molecular weight excluding hydrogens is 369 g/mol. The molecule has 0 saturated heterocycles. The second-order valence-corrected chi connectivity index (χ2v) is 6.40. The Balaban J connectivity index is 1.78. The van der Waals surface area contributed by atoms with Crippen LogP contribution < -0.4 is 0 Å². The first-order valence-corrected chi connectivity index (χ1v) is 8.10. The van der Waals surface area contributed by atoms with E-state index in [4.69, 9.17) is 0 Å². The molecule has 2 heterocycles. The number of aryl methyl sites for hydroxylation is 2. The van der Waals surface area contributed by atoms with E-state index in [2.05, 4.69) is 4.98 Å². The van der Waals surface area contributed by atoms with E-state index in [1.165, 1.54) is 18.3 Å². The molecule has 0 amide bonds. The van der Waals surface area contributed by atoms with Crippen LogP contribution in [0.1, 0.15) is 34.8 Å². The average molecular weight is 386 g/mol. The fourth-order valence-electron chi connectivity index (χ4n) is 3.11. The largest absolute Gasteiger partial charge is 0.480 e. The fourth-order valence-corrected chi connectivity index (χ4v) is 3.11. The van der Waals surface area contributed by atoms with Crippen LogP contribution in [0.5, 0.6) is 0 Å². The average Bonchev–Trinajstić information content (AvgIpc) is 3.01. The van der Waals surface area contributed by atoms with Gasteiger partial charge in [-0.3, -0.25) is 0 Å². The van der Waals surface area contributed by atoms with E-state index in [1.54, 1.807) is 0 Å². The van der Waals surface area contributed by atoms with Crippen molar-refractivity contribution < 1.29 is 38.4 Å². The number of halogens is 3. The summed E-state index contributed by atoms with van der Waals surface area (Å²) in [6.45, 7) is 0. The summed E-state index contributed by atoms with van der Waals surface area (Å²) in [5.74, 6) is -1.47. The lowest BCUT2D eigenvalue weighted by Crippen LogP contribution is -2.47. The minimum atomic E-state index is -4.41. The number of carboxylic acid groups (broad SMARTS) is 1. The number of fused-ring (bicyclic) bond motifs is 1. The maximum Gasteiger partial charge on any atom is 0.416 e. The summed E-state index contributed by atoms with van der Waals surface area (Å²) < 4.78 is 38.8. The predicted molar refractivity (Wildman–Crippen MR) is 84.7 cm³/mol. The van der Waals surface area contributed by atoms with Gasteiger partial charge in [-0.05, 0) is 30.5 Å². The molecule has 2 aromatic rings. The Labute approximate surface area is 151 Å². The summed E-state index contributed by atoms with van der Waals surface area (Å²) >= 11 is 0. The van der Waals surface area contributed by atoms with Crippen molar-refractivity contribution in [2.45, 2.75) is 43.4 Å². The van der Waals surface area contributed by atoms with E-state index in [9.17, 15) is 38.4 Å². The SMILES string of the molecule is O=C(O)[C@@H]1[C@@H](O)[C@H](O)[C@@H](O)c2nc(CCc3ccc(C(F)(F)F)cc3)cn21. The molecule has 1 aliphatic rings. The highest BCUT2D eigenvalue weighted by Gasteiger charge is 2.45. The van der Waals surface area contributed by atoms with Gasteiger partial charge < -0.3 is 25.0 Å². The highest BCUT2D eigenvalue weighted by molar-refractivity contribution is 5.73. The molecule has 1 aliphatic heterocycles. The third-order valence-corrected chi connectivity index (χ3v) is 4.58. The van der Waals surface area contributed by atoms with Crippen molar-refractivity contribution in [2.75, 3.05) is 0 Å². The number of aliphatic carboxylic acids is 1. The third kappa shape index (κ3) is 3.68. The summed E-state index contributed by atoms with van der Waals surface area (Å²) in [7, 11) is 0. The number of hydrogen-bond donors (Lipinski definition) is 4. The number of imidazole rings is 1. The number of aliphatic hydroxyl groups is 3. The van der Waals surface area contributed by atoms with Crippen molar-refractivity contribution in [3.63, 3.8) is 0 Å². The van der Waals surface area contributed by atoms with Gasteiger partial charge in [0, 0.05) is 6.20 Å². The maximum absolute atomic E-state index is 12.6. The molecule has 4 atom stereocenters. The molecule has 7 nitrogen and oxygen atoms in total. The Hall–Kier alpha value is -2.43. The van der Waals surface area contributed by atoms with Gasteiger partial charge in [-0.15, -0.1) is 0 Å². The van der Waals surface area contributed by atoms with Crippen molar-refractivity contribution in [3.8, 4) is 0 Å². The highest BCUT2D eigenvalue weighted by atomic mass is 19.4. The first kappa shape index (κ1) is 19.3. The number of alkyl halides is 3. The summed E-state index contributed by atoms with van der Waals surface area (Å²) in [6, 6.07) is 3.16.